The zero-order valence-electron chi connectivity index (χ0n) is 8.44. The van der Waals surface area contributed by atoms with E-state index in [4.69, 9.17) is 11.6 Å². The highest BCUT2D eigenvalue weighted by Crippen LogP contribution is 2.16. The zero-order valence-corrected chi connectivity index (χ0v) is 10.0. The number of rotatable bonds is 5. The van der Waals surface area contributed by atoms with Gasteiger partial charge in [-0.15, -0.1) is 16.8 Å². The van der Waals surface area contributed by atoms with Crippen molar-refractivity contribution < 1.29 is 4.79 Å². The molecule has 0 saturated heterocycles. The van der Waals surface area contributed by atoms with Crippen molar-refractivity contribution in [2.24, 2.45) is 0 Å². The average molecular weight is 246 g/mol. The van der Waals surface area contributed by atoms with Gasteiger partial charge in [0.05, 0.1) is 0 Å². The van der Waals surface area contributed by atoms with Crippen molar-refractivity contribution in [3.63, 3.8) is 0 Å². The molecule has 0 unspecified atom stereocenters. The third-order valence-electron chi connectivity index (χ3n) is 1.83. The maximum Gasteiger partial charge on any atom is 0.284 e. The minimum Gasteiger partial charge on any atom is -0.340 e. The van der Waals surface area contributed by atoms with E-state index in [1.807, 2.05) is 6.08 Å². The Morgan fingerprint density at radius 3 is 2.93 bits per heavy atom. The van der Waals surface area contributed by atoms with Crippen LogP contribution in [0, 0.1) is 0 Å². The number of carbonyl (C=O) groups excluding carboxylic acids is 1. The number of carbonyl (C=O) groups is 1. The van der Waals surface area contributed by atoms with Crippen LogP contribution in [0.1, 0.15) is 22.6 Å². The minimum absolute atomic E-state index is 0.136. The first kappa shape index (κ1) is 12.1. The molecule has 82 valence electrons. The van der Waals surface area contributed by atoms with E-state index in [0.717, 1.165) is 24.2 Å². The van der Waals surface area contributed by atoms with Crippen molar-refractivity contribution in [2.45, 2.75) is 12.8 Å². The summed E-state index contributed by atoms with van der Waals surface area (Å²) in [4.78, 5) is 13.3. The normalized spacial score (nSPS) is 10.0. The first-order valence-corrected chi connectivity index (χ1v) is 5.70. The van der Waals surface area contributed by atoms with Crippen LogP contribution in [0.4, 0.5) is 0 Å². The largest absolute Gasteiger partial charge is 0.340 e. The Kier molecular flexibility index (Phi) is 4.71. The van der Waals surface area contributed by atoms with E-state index < -0.39 is 0 Å². The number of allylic oxidation sites excluding steroid dienone is 1. The van der Waals surface area contributed by atoms with Crippen LogP contribution in [0.2, 0.25) is 4.47 Å². The second-order valence-electron chi connectivity index (χ2n) is 3.02. The molecule has 0 spiro atoms. The predicted molar refractivity (Wildman–Crippen MR) is 61.3 cm³/mol. The molecule has 4 nitrogen and oxygen atoms in total. The summed E-state index contributed by atoms with van der Waals surface area (Å²) >= 11 is 6.69. The summed E-state index contributed by atoms with van der Waals surface area (Å²) in [6.07, 6.45) is 3.63. The first-order chi connectivity index (χ1) is 7.15. The highest BCUT2D eigenvalue weighted by atomic mass is 35.5. The summed E-state index contributed by atoms with van der Waals surface area (Å²) < 4.78 is 0.290. The second-order valence-corrected chi connectivity index (χ2v) is 4.58. The van der Waals surface area contributed by atoms with Crippen molar-refractivity contribution in [2.75, 3.05) is 13.6 Å². The Balaban J connectivity index is 2.49. The van der Waals surface area contributed by atoms with E-state index in [9.17, 15) is 4.79 Å². The molecule has 1 heterocycles. The lowest BCUT2D eigenvalue weighted by molar-refractivity contribution is 0.0792. The van der Waals surface area contributed by atoms with Gasteiger partial charge < -0.3 is 4.90 Å². The fourth-order valence-corrected chi connectivity index (χ4v) is 1.85. The van der Waals surface area contributed by atoms with Gasteiger partial charge in [-0.05, 0) is 24.4 Å². The van der Waals surface area contributed by atoms with Crippen LogP contribution < -0.4 is 0 Å². The van der Waals surface area contributed by atoms with Gasteiger partial charge in [0.15, 0.2) is 0 Å². The van der Waals surface area contributed by atoms with E-state index in [1.54, 1.807) is 11.9 Å². The van der Waals surface area contributed by atoms with Crippen LogP contribution in [0.5, 0.6) is 0 Å². The summed E-state index contributed by atoms with van der Waals surface area (Å²) in [6.45, 7) is 4.31. The molecule has 0 atom stereocenters. The third-order valence-corrected chi connectivity index (χ3v) is 2.84. The standard InChI is InChI=1S/C9H12ClN3OS/c1-3-4-5-6-13(2)8(14)7-11-12-9(10)15-7/h3H,1,4-6H2,2H3. The molecule has 0 aliphatic carbocycles. The fourth-order valence-electron chi connectivity index (χ4n) is 1.03. The van der Waals surface area contributed by atoms with Crippen LogP contribution in [0.25, 0.3) is 0 Å². The topological polar surface area (TPSA) is 46.1 Å². The molecule has 0 fully saturated rings. The molecule has 0 bridgehead atoms. The van der Waals surface area contributed by atoms with Crippen molar-refractivity contribution in [3.05, 3.63) is 22.1 Å². The van der Waals surface area contributed by atoms with Crippen LogP contribution in [-0.4, -0.2) is 34.6 Å². The lowest BCUT2D eigenvalue weighted by atomic mass is 10.3. The van der Waals surface area contributed by atoms with E-state index in [1.165, 1.54) is 0 Å². The molecule has 0 N–H and O–H groups in total. The molecular formula is C9H12ClN3OS. The van der Waals surface area contributed by atoms with Crippen LogP contribution in [0.3, 0.4) is 0 Å². The van der Waals surface area contributed by atoms with Gasteiger partial charge in [0, 0.05) is 13.6 Å². The Bertz CT molecular complexity index is 353. The Morgan fingerprint density at radius 2 is 2.40 bits per heavy atom. The Morgan fingerprint density at radius 1 is 1.67 bits per heavy atom. The molecule has 0 aromatic carbocycles. The lowest BCUT2D eigenvalue weighted by Crippen LogP contribution is -2.27. The Hall–Kier alpha value is -0.940. The molecule has 0 aliphatic heterocycles. The molecule has 0 saturated carbocycles. The molecule has 1 aromatic rings. The fraction of sp³-hybridized carbons (Fsp3) is 0.444. The molecule has 0 radical (unpaired) electrons. The van der Waals surface area contributed by atoms with Gasteiger partial charge in [0.25, 0.3) is 5.91 Å². The molecule has 1 amide bonds. The van der Waals surface area contributed by atoms with Crippen molar-refractivity contribution >= 4 is 28.8 Å². The SMILES string of the molecule is C=CCCCN(C)C(=O)c1nnc(Cl)s1. The molecule has 15 heavy (non-hydrogen) atoms. The number of amides is 1. The van der Waals surface area contributed by atoms with Crippen molar-refractivity contribution in [1.29, 1.82) is 0 Å². The summed E-state index contributed by atoms with van der Waals surface area (Å²) in [5.41, 5.74) is 0. The van der Waals surface area contributed by atoms with Gasteiger partial charge in [-0.25, -0.2) is 0 Å². The number of halogens is 1. The molecule has 6 heteroatoms. The molecule has 0 aliphatic rings. The van der Waals surface area contributed by atoms with E-state index in [0.29, 0.717) is 11.6 Å². The number of aromatic nitrogens is 2. The molecule has 1 aromatic heterocycles. The van der Waals surface area contributed by atoms with Gasteiger partial charge in [0.1, 0.15) is 0 Å². The van der Waals surface area contributed by atoms with E-state index in [2.05, 4.69) is 16.8 Å². The zero-order chi connectivity index (χ0) is 11.3. The lowest BCUT2D eigenvalue weighted by Gasteiger charge is -2.14. The second kappa shape index (κ2) is 5.82. The summed E-state index contributed by atoms with van der Waals surface area (Å²) in [5, 5.41) is 7.61. The predicted octanol–water partition coefficient (Wildman–Crippen LogP) is 2.23. The first-order valence-electron chi connectivity index (χ1n) is 4.50. The molecule has 1 rings (SSSR count). The van der Waals surface area contributed by atoms with Gasteiger partial charge in [0.2, 0.25) is 9.47 Å². The number of nitrogens with zero attached hydrogens (tertiary/aromatic N) is 3. The number of hydrogen-bond acceptors (Lipinski definition) is 4. The van der Waals surface area contributed by atoms with Gasteiger partial charge in [-0.1, -0.05) is 17.4 Å². The number of unbranched alkanes of at least 4 members (excludes halogenated alkanes) is 1. The average Bonchev–Trinajstić information content (AvgIpc) is 2.64. The third kappa shape index (κ3) is 3.60. The summed E-state index contributed by atoms with van der Waals surface area (Å²) in [7, 11) is 1.74. The van der Waals surface area contributed by atoms with E-state index >= 15 is 0 Å². The van der Waals surface area contributed by atoms with Crippen LogP contribution >= 0.6 is 22.9 Å². The highest BCUT2D eigenvalue weighted by Gasteiger charge is 2.15. The monoisotopic (exact) mass is 245 g/mol. The minimum atomic E-state index is -0.136. The maximum atomic E-state index is 11.7. The maximum absolute atomic E-state index is 11.7. The van der Waals surface area contributed by atoms with Crippen LogP contribution in [0.15, 0.2) is 12.7 Å². The summed E-state index contributed by atoms with van der Waals surface area (Å²) in [6, 6.07) is 0. The van der Waals surface area contributed by atoms with Crippen molar-refractivity contribution in [3.8, 4) is 0 Å². The van der Waals surface area contributed by atoms with E-state index in [-0.39, 0.29) is 10.4 Å². The van der Waals surface area contributed by atoms with Gasteiger partial charge >= 0.3 is 0 Å². The van der Waals surface area contributed by atoms with Crippen LogP contribution in [-0.2, 0) is 0 Å². The smallest absolute Gasteiger partial charge is 0.284 e. The summed E-state index contributed by atoms with van der Waals surface area (Å²) in [5.74, 6) is -0.136. The number of hydrogen-bond donors (Lipinski definition) is 0. The van der Waals surface area contributed by atoms with Crippen molar-refractivity contribution in [1.82, 2.24) is 15.1 Å². The Labute approximate surface area is 97.6 Å². The van der Waals surface area contributed by atoms with Gasteiger partial charge in [-0.2, -0.15) is 0 Å². The molecular weight excluding hydrogens is 234 g/mol. The van der Waals surface area contributed by atoms with Gasteiger partial charge in [-0.3, -0.25) is 4.79 Å². The highest BCUT2D eigenvalue weighted by molar-refractivity contribution is 7.17. The quantitative estimate of drug-likeness (QED) is 0.590.